The number of nitrogens with one attached hydrogen (secondary N) is 2. The number of fused-ring (bicyclic) bond motifs is 2. The van der Waals surface area contributed by atoms with Gasteiger partial charge in [-0.2, -0.15) is 13.5 Å². The fourth-order valence-electron chi connectivity index (χ4n) is 2.88. The number of nitrogens with zero attached hydrogens (tertiary/aromatic N) is 6. The normalized spacial score (nSPS) is 23.3. The number of aromatic nitrogens is 4. The van der Waals surface area contributed by atoms with Crippen molar-refractivity contribution in [2.24, 2.45) is 0 Å². The van der Waals surface area contributed by atoms with Crippen LogP contribution in [-0.2, 0) is 24.3 Å². The summed E-state index contributed by atoms with van der Waals surface area (Å²) in [4.78, 5) is 37.7. The number of tetrazole rings is 1. The zero-order valence-electron chi connectivity index (χ0n) is 13.9. The molecular weight excluding hydrogens is 388 g/mol. The van der Waals surface area contributed by atoms with Crippen molar-refractivity contribution >= 4 is 28.2 Å². The molecule has 0 unspecified atom stereocenters. The van der Waals surface area contributed by atoms with Crippen LogP contribution in [0, 0.1) is 0 Å². The summed E-state index contributed by atoms with van der Waals surface area (Å²) in [7, 11) is -4.87. The number of carbonyl (C=O) groups excluding carboxylic acids is 3. The molecule has 3 rings (SSSR count). The first kappa shape index (κ1) is 18.9. The number of urea groups is 1. The Labute approximate surface area is 152 Å². The number of hydroxylamine groups is 2. The van der Waals surface area contributed by atoms with Crippen LogP contribution in [0.15, 0.2) is 6.33 Å². The van der Waals surface area contributed by atoms with Crippen molar-refractivity contribution in [3.8, 4) is 0 Å². The van der Waals surface area contributed by atoms with Gasteiger partial charge >= 0.3 is 16.4 Å². The van der Waals surface area contributed by atoms with Crippen molar-refractivity contribution in [1.82, 2.24) is 41.0 Å². The second-order valence-corrected chi connectivity index (χ2v) is 6.96. The second-order valence-electron chi connectivity index (χ2n) is 5.95. The van der Waals surface area contributed by atoms with Crippen LogP contribution in [0.4, 0.5) is 4.79 Å². The summed E-state index contributed by atoms with van der Waals surface area (Å²) < 4.78 is 35.9. The molecule has 16 heteroatoms. The summed E-state index contributed by atoms with van der Waals surface area (Å²) in [6.07, 6.45) is 1.72. The van der Waals surface area contributed by atoms with Gasteiger partial charge in [0.25, 0.3) is 11.8 Å². The molecule has 0 radical (unpaired) electrons. The quantitative estimate of drug-likeness (QED) is 0.346. The van der Waals surface area contributed by atoms with Gasteiger partial charge in [-0.1, -0.05) is 0 Å². The third kappa shape index (κ3) is 3.96. The maximum absolute atomic E-state index is 12.3. The molecule has 2 aliphatic heterocycles. The molecular formula is C11H16N8O7S. The number of carbonyl (C=O) groups is 3. The van der Waals surface area contributed by atoms with E-state index in [2.05, 4.69) is 30.7 Å². The van der Waals surface area contributed by atoms with Gasteiger partial charge < -0.3 is 4.90 Å². The van der Waals surface area contributed by atoms with Crippen molar-refractivity contribution in [2.45, 2.75) is 37.9 Å². The Bertz CT molecular complexity index is 843. The number of piperidine rings is 1. The largest absolute Gasteiger partial charge is 0.418 e. The molecule has 0 aliphatic carbocycles. The zero-order chi connectivity index (χ0) is 19.8. The first-order chi connectivity index (χ1) is 12.7. The standard InChI is InChI=1S/C11H16N8O7S/c1-6(18-5-12-15-16-18)9(20)13-14-10(21)8-3-2-7-4-17(8)11(22)19(7)26-27(23,24)25/h5-8H,2-4H2,1H3,(H,13,20)(H,14,21)(H,23,24,25)/t6-,7-,8+/m1/s1. The molecule has 3 atom stereocenters. The van der Waals surface area contributed by atoms with E-state index in [1.807, 2.05) is 0 Å². The van der Waals surface area contributed by atoms with Crippen molar-refractivity contribution in [1.29, 1.82) is 0 Å². The Morgan fingerprint density at radius 2 is 2.11 bits per heavy atom. The predicted molar refractivity (Wildman–Crippen MR) is 82.2 cm³/mol. The van der Waals surface area contributed by atoms with Crippen LogP contribution in [0.5, 0.6) is 0 Å². The first-order valence-electron chi connectivity index (χ1n) is 7.76. The summed E-state index contributed by atoms with van der Waals surface area (Å²) in [5.41, 5.74) is 4.44. The zero-order valence-corrected chi connectivity index (χ0v) is 14.7. The predicted octanol–water partition coefficient (Wildman–Crippen LogP) is -2.62. The van der Waals surface area contributed by atoms with Crippen molar-refractivity contribution in [3.63, 3.8) is 0 Å². The summed E-state index contributed by atoms with van der Waals surface area (Å²) in [5.74, 6) is -1.25. The van der Waals surface area contributed by atoms with Crippen LogP contribution in [0.25, 0.3) is 0 Å². The minimum absolute atomic E-state index is 0.0431. The van der Waals surface area contributed by atoms with E-state index in [1.165, 1.54) is 17.9 Å². The minimum atomic E-state index is -4.87. The van der Waals surface area contributed by atoms with Crippen LogP contribution in [-0.4, -0.2) is 79.6 Å². The number of hydrogen-bond donors (Lipinski definition) is 3. The molecule has 3 heterocycles. The minimum Gasteiger partial charge on any atom is -0.309 e. The van der Waals surface area contributed by atoms with Gasteiger partial charge in [-0.05, 0) is 30.2 Å². The molecule has 0 aromatic carbocycles. The van der Waals surface area contributed by atoms with E-state index in [0.29, 0.717) is 5.06 Å². The molecule has 2 fully saturated rings. The molecule has 148 valence electrons. The van der Waals surface area contributed by atoms with E-state index in [0.717, 1.165) is 4.90 Å². The lowest BCUT2D eigenvalue weighted by atomic mass is 10.0. The van der Waals surface area contributed by atoms with Gasteiger partial charge in [0.1, 0.15) is 18.4 Å². The van der Waals surface area contributed by atoms with Gasteiger partial charge in [0.15, 0.2) is 0 Å². The van der Waals surface area contributed by atoms with E-state index in [9.17, 15) is 22.8 Å². The van der Waals surface area contributed by atoms with Crippen LogP contribution < -0.4 is 10.9 Å². The maximum atomic E-state index is 12.3. The average Bonchev–Trinajstić information content (AvgIpc) is 3.22. The van der Waals surface area contributed by atoms with Gasteiger partial charge in [-0.25, -0.2) is 9.48 Å². The number of hydrazine groups is 1. The highest BCUT2D eigenvalue weighted by Crippen LogP contribution is 2.30. The molecule has 1 aromatic heterocycles. The molecule has 27 heavy (non-hydrogen) atoms. The van der Waals surface area contributed by atoms with Gasteiger partial charge in [0.05, 0.1) is 6.04 Å². The molecule has 2 bridgehead atoms. The lowest BCUT2D eigenvalue weighted by Gasteiger charge is -2.29. The van der Waals surface area contributed by atoms with E-state index in [1.54, 1.807) is 0 Å². The van der Waals surface area contributed by atoms with Crippen molar-refractivity contribution in [3.05, 3.63) is 6.33 Å². The monoisotopic (exact) mass is 404 g/mol. The van der Waals surface area contributed by atoms with Crippen LogP contribution in [0.3, 0.4) is 0 Å². The topological polar surface area (TPSA) is 189 Å². The average molecular weight is 404 g/mol. The van der Waals surface area contributed by atoms with E-state index < -0.39 is 46.4 Å². The summed E-state index contributed by atoms with van der Waals surface area (Å²) >= 11 is 0. The molecule has 0 spiro atoms. The molecule has 3 N–H and O–H groups in total. The SMILES string of the molecule is C[C@H](C(=O)NNC(=O)[C@@H]1CC[C@@H]2CN1C(=O)N2OS(=O)(=O)O)n1cnnn1. The molecule has 15 nitrogen and oxygen atoms in total. The van der Waals surface area contributed by atoms with Gasteiger partial charge in [0.2, 0.25) is 0 Å². The van der Waals surface area contributed by atoms with E-state index in [-0.39, 0.29) is 19.4 Å². The van der Waals surface area contributed by atoms with Gasteiger partial charge in [-0.15, -0.1) is 9.38 Å². The molecule has 4 amide bonds. The fraction of sp³-hybridized carbons (Fsp3) is 0.636. The lowest BCUT2D eigenvalue weighted by molar-refractivity contribution is -0.133. The summed E-state index contributed by atoms with van der Waals surface area (Å²) in [5, 5.41) is 10.9. The molecule has 2 aliphatic rings. The highest BCUT2D eigenvalue weighted by Gasteiger charge is 2.49. The lowest BCUT2D eigenvalue weighted by Crippen LogP contribution is -2.54. The second kappa shape index (κ2) is 7.05. The number of hydrogen-bond acceptors (Lipinski definition) is 9. The summed E-state index contributed by atoms with van der Waals surface area (Å²) in [6.45, 7) is 1.55. The Morgan fingerprint density at radius 3 is 2.74 bits per heavy atom. The smallest absolute Gasteiger partial charge is 0.309 e. The molecule has 1 aromatic rings. The van der Waals surface area contributed by atoms with Gasteiger partial charge in [0, 0.05) is 6.54 Å². The van der Waals surface area contributed by atoms with Gasteiger partial charge in [-0.3, -0.25) is 25.0 Å². The molecule has 0 saturated carbocycles. The highest BCUT2D eigenvalue weighted by atomic mass is 32.3. The Balaban J connectivity index is 1.58. The van der Waals surface area contributed by atoms with E-state index in [4.69, 9.17) is 4.55 Å². The van der Waals surface area contributed by atoms with Crippen LogP contribution in [0.1, 0.15) is 25.8 Å². The van der Waals surface area contributed by atoms with Crippen molar-refractivity contribution in [2.75, 3.05) is 6.54 Å². The Morgan fingerprint density at radius 1 is 1.37 bits per heavy atom. The van der Waals surface area contributed by atoms with E-state index >= 15 is 0 Å². The Hall–Kier alpha value is -2.85. The van der Waals surface area contributed by atoms with Crippen molar-refractivity contribution < 1.29 is 31.6 Å². The third-order valence-corrected chi connectivity index (χ3v) is 4.60. The Kier molecular flexibility index (Phi) is 4.94. The fourth-order valence-corrected chi connectivity index (χ4v) is 3.27. The first-order valence-corrected chi connectivity index (χ1v) is 9.13. The van der Waals surface area contributed by atoms with Crippen LogP contribution >= 0.6 is 0 Å². The number of amides is 4. The maximum Gasteiger partial charge on any atom is 0.418 e. The van der Waals surface area contributed by atoms with Crippen LogP contribution in [0.2, 0.25) is 0 Å². The summed E-state index contributed by atoms with van der Waals surface area (Å²) in [6, 6.07) is -3.21. The molecule has 2 saturated heterocycles. The third-order valence-electron chi connectivity index (χ3n) is 4.25. The highest BCUT2D eigenvalue weighted by molar-refractivity contribution is 7.80. The number of rotatable bonds is 5.